The molecule has 0 aliphatic rings. The third-order valence-corrected chi connectivity index (χ3v) is 2.98. The van der Waals surface area contributed by atoms with Gasteiger partial charge in [-0.25, -0.2) is 4.79 Å². The van der Waals surface area contributed by atoms with Gasteiger partial charge >= 0.3 is 5.69 Å². The van der Waals surface area contributed by atoms with Crippen LogP contribution < -0.4 is 11.4 Å². The Balaban J connectivity index is 2.43. The van der Waals surface area contributed by atoms with Crippen LogP contribution in [0.2, 0.25) is 0 Å². The van der Waals surface area contributed by atoms with E-state index in [2.05, 4.69) is 0 Å². The molecule has 0 saturated heterocycles. The molecule has 1 aromatic heterocycles. The van der Waals surface area contributed by atoms with Crippen LogP contribution in [0.15, 0.2) is 41.5 Å². The van der Waals surface area contributed by atoms with E-state index < -0.39 is 0 Å². The van der Waals surface area contributed by atoms with Crippen LogP contribution in [0, 0.1) is 0 Å². The Morgan fingerprint density at radius 1 is 1.28 bits per heavy atom. The lowest BCUT2D eigenvalue weighted by Crippen LogP contribution is -2.24. The molecule has 2 aromatic rings. The quantitative estimate of drug-likeness (QED) is 0.891. The number of nitrogens with two attached hydrogens (primary N) is 1. The third kappa shape index (κ3) is 2.38. The van der Waals surface area contributed by atoms with Crippen LogP contribution in [0.4, 0.5) is 0 Å². The van der Waals surface area contributed by atoms with E-state index in [1.807, 2.05) is 50.5 Å². The van der Waals surface area contributed by atoms with Crippen molar-refractivity contribution in [2.75, 3.05) is 6.54 Å². The Bertz CT molecular complexity index is 581. The minimum Gasteiger partial charge on any atom is -0.330 e. The van der Waals surface area contributed by atoms with E-state index in [1.54, 1.807) is 9.13 Å². The second kappa shape index (κ2) is 5.23. The first-order valence-corrected chi connectivity index (χ1v) is 6.22. The van der Waals surface area contributed by atoms with Crippen molar-refractivity contribution in [3.05, 3.63) is 52.7 Å². The normalized spacial score (nSPS) is 11.1. The SMILES string of the molecule is CC(C)n1ccn(-c2cccc(CCN)c2)c1=O. The molecule has 18 heavy (non-hydrogen) atoms. The molecule has 1 aromatic carbocycles. The number of hydrogen-bond acceptors (Lipinski definition) is 2. The Hall–Kier alpha value is -1.81. The highest BCUT2D eigenvalue weighted by Crippen LogP contribution is 2.10. The number of imidazole rings is 1. The predicted molar refractivity (Wildman–Crippen MR) is 73.2 cm³/mol. The highest BCUT2D eigenvalue weighted by molar-refractivity contribution is 5.36. The van der Waals surface area contributed by atoms with Crippen LogP contribution in [-0.4, -0.2) is 15.7 Å². The molecule has 0 bridgehead atoms. The Labute approximate surface area is 107 Å². The summed E-state index contributed by atoms with van der Waals surface area (Å²) in [6.07, 6.45) is 4.46. The van der Waals surface area contributed by atoms with Crippen molar-refractivity contribution in [2.24, 2.45) is 5.73 Å². The minimum atomic E-state index is -0.00472. The summed E-state index contributed by atoms with van der Waals surface area (Å²) in [5.74, 6) is 0. The van der Waals surface area contributed by atoms with Gasteiger partial charge in [-0.05, 0) is 44.5 Å². The maximum atomic E-state index is 12.2. The van der Waals surface area contributed by atoms with Crippen LogP contribution in [-0.2, 0) is 6.42 Å². The first-order chi connectivity index (χ1) is 8.63. The van der Waals surface area contributed by atoms with Crippen LogP contribution in [0.5, 0.6) is 0 Å². The molecule has 0 atom stereocenters. The van der Waals surface area contributed by atoms with Gasteiger partial charge in [0.05, 0.1) is 5.69 Å². The fraction of sp³-hybridized carbons (Fsp3) is 0.357. The lowest BCUT2D eigenvalue weighted by atomic mass is 10.1. The van der Waals surface area contributed by atoms with E-state index in [1.165, 1.54) is 0 Å². The van der Waals surface area contributed by atoms with E-state index in [4.69, 9.17) is 5.73 Å². The van der Waals surface area contributed by atoms with Gasteiger partial charge in [0.2, 0.25) is 0 Å². The number of benzene rings is 1. The molecule has 0 saturated carbocycles. The highest BCUT2D eigenvalue weighted by Gasteiger charge is 2.07. The molecular formula is C14H19N3O. The van der Waals surface area contributed by atoms with Crippen molar-refractivity contribution >= 4 is 0 Å². The molecule has 2 N–H and O–H groups in total. The second-order valence-electron chi connectivity index (χ2n) is 4.66. The molecule has 4 nitrogen and oxygen atoms in total. The van der Waals surface area contributed by atoms with Crippen molar-refractivity contribution in [1.29, 1.82) is 0 Å². The van der Waals surface area contributed by atoms with Gasteiger partial charge in [0.25, 0.3) is 0 Å². The van der Waals surface area contributed by atoms with E-state index in [0.29, 0.717) is 6.54 Å². The smallest absolute Gasteiger partial charge is 0.330 e. The van der Waals surface area contributed by atoms with Gasteiger partial charge in [-0.15, -0.1) is 0 Å². The molecule has 4 heteroatoms. The second-order valence-corrected chi connectivity index (χ2v) is 4.66. The summed E-state index contributed by atoms with van der Waals surface area (Å²) in [6.45, 7) is 4.61. The number of aromatic nitrogens is 2. The van der Waals surface area contributed by atoms with Gasteiger partial charge < -0.3 is 5.73 Å². The van der Waals surface area contributed by atoms with E-state index in [9.17, 15) is 4.79 Å². The Kier molecular flexibility index (Phi) is 3.67. The average molecular weight is 245 g/mol. The molecule has 0 aliphatic carbocycles. The van der Waals surface area contributed by atoms with Crippen LogP contribution >= 0.6 is 0 Å². The minimum absolute atomic E-state index is 0.00472. The fourth-order valence-electron chi connectivity index (χ4n) is 2.01. The fourth-order valence-corrected chi connectivity index (χ4v) is 2.01. The van der Waals surface area contributed by atoms with Crippen molar-refractivity contribution in [3.63, 3.8) is 0 Å². The predicted octanol–water partition coefficient (Wildman–Crippen LogP) is 1.72. The highest BCUT2D eigenvalue weighted by atomic mass is 16.1. The molecule has 96 valence electrons. The van der Waals surface area contributed by atoms with Gasteiger partial charge in [0, 0.05) is 18.4 Å². The molecular weight excluding hydrogens is 226 g/mol. The average Bonchev–Trinajstić information content (AvgIpc) is 2.72. The summed E-state index contributed by atoms with van der Waals surface area (Å²) < 4.78 is 3.38. The van der Waals surface area contributed by atoms with E-state index in [-0.39, 0.29) is 11.7 Å². The lowest BCUT2D eigenvalue weighted by molar-refractivity contribution is 0.574. The summed E-state index contributed by atoms with van der Waals surface area (Å²) in [5, 5.41) is 0. The van der Waals surface area contributed by atoms with Crippen LogP contribution in [0.3, 0.4) is 0 Å². The first kappa shape index (κ1) is 12.6. The maximum absolute atomic E-state index is 12.2. The molecule has 2 rings (SSSR count). The zero-order valence-corrected chi connectivity index (χ0v) is 10.8. The number of rotatable bonds is 4. The van der Waals surface area contributed by atoms with Gasteiger partial charge in [0.15, 0.2) is 0 Å². The summed E-state index contributed by atoms with van der Waals surface area (Å²) >= 11 is 0. The number of nitrogens with zero attached hydrogens (tertiary/aromatic N) is 2. The van der Waals surface area contributed by atoms with Gasteiger partial charge in [-0.1, -0.05) is 12.1 Å². The van der Waals surface area contributed by atoms with Crippen LogP contribution in [0.1, 0.15) is 25.5 Å². The molecule has 0 fully saturated rings. The van der Waals surface area contributed by atoms with Crippen molar-refractivity contribution in [2.45, 2.75) is 26.3 Å². The Morgan fingerprint density at radius 3 is 2.67 bits per heavy atom. The summed E-state index contributed by atoms with van der Waals surface area (Å²) in [7, 11) is 0. The van der Waals surface area contributed by atoms with Gasteiger partial charge in [-0.3, -0.25) is 9.13 Å². The standard InChI is InChI=1S/C14H19N3O/c1-11(2)16-8-9-17(14(16)18)13-5-3-4-12(10-13)6-7-15/h3-5,8-11H,6-7,15H2,1-2H3. The van der Waals surface area contributed by atoms with E-state index in [0.717, 1.165) is 17.7 Å². The van der Waals surface area contributed by atoms with Gasteiger partial charge in [-0.2, -0.15) is 0 Å². The van der Waals surface area contributed by atoms with E-state index >= 15 is 0 Å². The largest absolute Gasteiger partial charge is 0.332 e. The third-order valence-electron chi connectivity index (χ3n) is 2.98. The molecule has 0 unspecified atom stereocenters. The lowest BCUT2D eigenvalue weighted by Gasteiger charge is -2.06. The van der Waals surface area contributed by atoms with Crippen LogP contribution in [0.25, 0.3) is 5.69 Å². The zero-order valence-electron chi connectivity index (χ0n) is 10.8. The van der Waals surface area contributed by atoms with Crippen molar-refractivity contribution in [3.8, 4) is 5.69 Å². The monoisotopic (exact) mass is 245 g/mol. The molecule has 0 spiro atoms. The molecule has 0 amide bonds. The number of hydrogen-bond donors (Lipinski definition) is 1. The van der Waals surface area contributed by atoms with Gasteiger partial charge in [0.1, 0.15) is 0 Å². The van der Waals surface area contributed by atoms with Crippen molar-refractivity contribution in [1.82, 2.24) is 9.13 Å². The maximum Gasteiger partial charge on any atom is 0.332 e. The zero-order chi connectivity index (χ0) is 13.1. The summed E-state index contributed by atoms with van der Waals surface area (Å²) in [5.41, 5.74) is 7.59. The summed E-state index contributed by atoms with van der Waals surface area (Å²) in [4.78, 5) is 12.2. The molecule has 0 aliphatic heterocycles. The topological polar surface area (TPSA) is 52.9 Å². The van der Waals surface area contributed by atoms with Crippen molar-refractivity contribution < 1.29 is 0 Å². The summed E-state index contributed by atoms with van der Waals surface area (Å²) in [6, 6.07) is 8.11. The first-order valence-electron chi connectivity index (χ1n) is 6.22. The molecule has 1 heterocycles. The molecule has 0 radical (unpaired) electrons. The Morgan fingerprint density at radius 2 is 2.06 bits per heavy atom.